The van der Waals surface area contributed by atoms with E-state index in [4.69, 9.17) is 5.14 Å². The first-order valence-corrected chi connectivity index (χ1v) is 8.40. The zero-order valence-corrected chi connectivity index (χ0v) is 14.1. The smallest absolute Gasteiger partial charge is 0.272 e. The van der Waals surface area contributed by atoms with Gasteiger partial charge >= 0.3 is 0 Å². The number of anilines is 1. The number of carbonyl (C=O) groups is 1. The highest BCUT2D eigenvalue weighted by atomic mass is 79.9. The van der Waals surface area contributed by atoms with Crippen molar-refractivity contribution in [3.63, 3.8) is 0 Å². The number of aromatic nitrogens is 1. The van der Waals surface area contributed by atoms with E-state index < -0.39 is 21.7 Å². The molecule has 22 heavy (non-hydrogen) atoms. The fourth-order valence-corrected chi connectivity index (χ4v) is 3.15. The number of carbonyl (C=O) groups excluding carboxylic acids is 1. The number of hydrogen-bond acceptors (Lipinski definition) is 3. The normalized spacial score (nSPS) is 11.5. The summed E-state index contributed by atoms with van der Waals surface area (Å²) in [6.07, 6.45) is 0. The fraction of sp³-hybridized carbons (Fsp3) is 0.154. The molecular weight excluding hydrogens is 377 g/mol. The van der Waals surface area contributed by atoms with Crippen molar-refractivity contribution in [2.24, 2.45) is 12.2 Å². The molecule has 1 aromatic heterocycles. The number of hydrogen-bond donors (Lipinski definition) is 2. The number of benzene rings is 1. The van der Waals surface area contributed by atoms with Gasteiger partial charge < -0.3 is 9.88 Å². The Hall–Kier alpha value is -1.71. The summed E-state index contributed by atoms with van der Waals surface area (Å²) in [5.74, 6) is -0.983. The monoisotopic (exact) mass is 389 g/mol. The molecule has 1 amide bonds. The predicted octanol–water partition coefficient (Wildman–Crippen LogP) is 2.13. The second-order valence-corrected chi connectivity index (χ2v) is 7.05. The van der Waals surface area contributed by atoms with Crippen molar-refractivity contribution in [2.75, 3.05) is 5.32 Å². The lowest BCUT2D eigenvalue weighted by Gasteiger charge is -2.07. The van der Waals surface area contributed by atoms with Gasteiger partial charge in [0.2, 0.25) is 10.0 Å². The third kappa shape index (κ3) is 3.21. The van der Waals surface area contributed by atoms with Crippen LogP contribution in [0.25, 0.3) is 0 Å². The van der Waals surface area contributed by atoms with Crippen molar-refractivity contribution < 1.29 is 17.6 Å². The van der Waals surface area contributed by atoms with Crippen LogP contribution < -0.4 is 10.5 Å². The Kier molecular flexibility index (Phi) is 4.41. The van der Waals surface area contributed by atoms with Crippen molar-refractivity contribution >= 4 is 37.5 Å². The van der Waals surface area contributed by atoms with E-state index in [0.717, 1.165) is 0 Å². The van der Waals surface area contributed by atoms with Crippen LogP contribution >= 0.6 is 15.9 Å². The summed E-state index contributed by atoms with van der Waals surface area (Å²) >= 11 is 3.02. The van der Waals surface area contributed by atoms with Gasteiger partial charge in [0.15, 0.2) is 0 Å². The van der Waals surface area contributed by atoms with Crippen molar-refractivity contribution in [1.82, 2.24) is 4.57 Å². The molecule has 118 valence electrons. The van der Waals surface area contributed by atoms with Gasteiger partial charge in [0.1, 0.15) is 16.4 Å². The lowest BCUT2D eigenvalue weighted by atomic mass is 10.3. The molecule has 6 nitrogen and oxygen atoms in total. The Labute approximate surface area is 135 Å². The maximum absolute atomic E-state index is 13.2. The lowest BCUT2D eigenvalue weighted by molar-refractivity contribution is 0.101. The van der Waals surface area contributed by atoms with Crippen LogP contribution in [0.1, 0.15) is 16.2 Å². The number of nitrogens with one attached hydrogen (secondary N) is 1. The van der Waals surface area contributed by atoms with E-state index in [2.05, 4.69) is 21.2 Å². The van der Waals surface area contributed by atoms with Crippen LogP contribution in [0.3, 0.4) is 0 Å². The number of rotatable bonds is 3. The maximum Gasteiger partial charge on any atom is 0.272 e. The molecule has 1 aromatic carbocycles. The standard InChI is InChI=1S/C13H13BrFN3O3S/c1-7-12(22(16,20)21)6-11(18(7)2)13(19)17-8-3-4-10(15)9(14)5-8/h3-6H,1-2H3,(H,17,19)(H2,16,20,21). The largest absolute Gasteiger partial charge is 0.343 e. The molecule has 0 aliphatic carbocycles. The van der Waals surface area contributed by atoms with E-state index in [1.165, 1.54) is 28.8 Å². The highest BCUT2D eigenvalue weighted by Crippen LogP contribution is 2.22. The molecule has 2 aromatic rings. The summed E-state index contributed by atoms with van der Waals surface area (Å²) in [6, 6.07) is 5.21. The minimum absolute atomic E-state index is 0.111. The molecule has 0 bridgehead atoms. The van der Waals surface area contributed by atoms with E-state index in [1.807, 2.05) is 0 Å². The van der Waals surface area contributed by atoms with Crippen LogP contribution in [0, 0.1) is 12.7 Å². The molecule has 0 spiro atoms. The van der Waals surface area contributed by atoms with Gasteiger partial charge in [0, 0.05) is 18.4 Å². The molecule has 0 radical (unpaired) electrons. The van der Waals surface area contributed by atoms with Gasteiger partial charge in [-0.2, -0.15) is 0 Å². The predicted molar refractivity (Wildman–Crippen MR) is 83.6 cm³/mol. The molecule has 0 aliphatic rings. The van der Waals surface area contributed by atoms with Crippen LogP contribution in [0.15, 0.2) is 33.6 Å². The summed E-state index contributed by atoms with van der Waals surface area (Å²) in [7, 11) is -2.36. The maximum atomic E-state index is 13.2. The number of nitrogens with two attached hydrogens (primary N) is 1. The Balaban J connectivity index is 2.36. The summed E-state index contributed by atoms with van der Waals surface area (Å²) in [6.45, 7) is 1.55. The molecule has 0 fully saturated rings. The summed E-state index contributed by atoms with van der Waals surface area (Å²) in [5, 5.41) is 7.68. The average molecular weight is 390 g/mol. The molecule has 0 aliphatic heterocycles. The summed E-state index contributed by atoms with van der Waals surface area (Å²) in [5.41, 5.74) is 0.851. The third-order valence-electron chi connectivity index (χ3n) is 3.21. The minimum atomic E-state index is -3.91. The van der Waals surface area contributed by atoms with Gasteiger partial charge in [0.05, 0.1) is 4.47 Å². The highest BCUT2D eigenvalue weighted by Gasteiger charge is 2.21. The molecule has 0 unspecified atom stereocenters. The van der Waals surface area contributed by atoms with Gasteiger partial charge in [-0.05, 0) is 47.1 Å². The second kappa shape index (κ2) is 5.82. The van der Waals surface area contributed by atoms with Crippen LogP contribution in [0.5, 0.6) is 0 Å². The van der Waals surface area contributed by atoms with Crippen LogP contribution in [-0.4, -0.2) is 18.9 Å². The fourth-order valence-electron chi connectivity index (χ4n) is 1.95. The average Bonchev–Trinajstić information content (AvgIpc) is 2.70. The molecule has 0 saturated carbocycles. The van der Waals surface area contributed by atoms with Crippen LogP contribution in [0.2, 0.25) is 0 Å². The van der Waals surface area contributed by atoms with Crippen LogP contribution in [0.4, 0.5) is 10.1 Å². The molecule has 0 atom stereocenters. The van der Waals surface area contributed by atoms with Crippen molar-refractivity contribution in [3.8, 4) is 0 Å². The van der Waals surface area contributed by atoms with E-state index in [9.17, 15) is 17.6 Å². The summed E-state index contributed by atoms with van der Waals surface area (Å²) in [4.78, 5) is 12.1. The Bertz CT molecular complexity index is 862. The SMILES string of the molecule is Cc1c(S(N)(=O)=O)cc(C(=O)Nc2ccc(F)c(Br)c2)n1C. The van der Waals surface area contributed by atoms with E-state index in [0.29, 0.717) is 11.4 Å². The summed E-state index contributed by atoms with van der Waals surface area (Å²) < 4.78 is 37.7. The lowest BCUT2D eigenvalue weighted by Crippen LogP contribution is -2.16. The Morgan fingerprint density at radius 2 is 2.00 bits per heavy atom. The van der Waals surface area contributed by atoms with E-state index in [-0.39, 0.29) is 15.1 Å². The Morgan fingerprint density at radius 1 is 1.36 bits per heavy atom. The number of nitrogens with zero attached hydrogens (tertiary/aromatic N) is 1. The van der Waals surface area contributed by atoms with Crippen LogP contribution in [-0.2, 0) is 17.1 Å². The number of halogens is 2. The van der Waals surface area contributed by atoms with E-state index in [1.54, 1.807) is 14.0 Å². The zero-order chi connectivity index (χ0) is 16.7. The molecule has 3 N–H and O–H groups in total. The number of primary sulfonamides is 1. The second-order valence-electron chi connectivity index (χ2n) is 4.67. The van der Waals surface area contributed by atoms with Crippen molar-refractivity contribution in [1.29, 1.82) is 0 Å². The number of sulfonamides is 1. The van der Waals surface area contributed by atoms with Gasteiger partial charge in [-0.3, -0.25) is 4.79 Å². The van der Waals surface area contributed by atoms with Gasteiger partial charge in [-0.15, -0.1) is 0 Å². The van der Waals surface area contributed by atoms with Gasteiger partial charge in [0.25, 0.3) is 5.91 Å². The molecular formula is C13H13BrFN3O3S. The van der Waals surface area contributed by atoms with Gasteiger partial charge in [-0.25, -0.2) is 17.9 Å². The first kappa shape index (κ1) is 16.7. The van der Waals surface area contributed by atoms with Crippen molar-refractivity contribution in [3.05, 3.63) is 45.9 Å². The van der Waals surface area contributed by atoms with E-state index >= 15 is 0 Å². The topological polar surface area (TPSA) is 94.2 Å². The molecule has 9 heteroatoms. The molecule has 0 saturated heterocycles. The first-order chi connectivity index (χ1) is 10.1. The highest BCUT2D eigenvalue weighted by molar-refractivity contribution is 9.10. The number of amides is 1. The Morgan fingerprint density at radius 3 is 2.50 bits per heavy atom. The zero-order valence-electron chi connectivity index (χ0n) is 11.7. The molecule has 2 rings (SSSR count). The quantitative estimate of drug-likeness (QED) is 0.841. The first-order valence-electron chi connectivity index (χ1n) is 6.07. The minimum Gasteiger partial charge on any atom is -0.343 e. The third-order valence-corrected chi connectivity index (χ3v) is 4.84. The van der Waals surface area contributed by atoms with Crippen molar-refractivity contribution in [2.45, 2.75) is 11.8 Å². The molecule has 1 heterocycles. The van der Waals surface area contributed by atoms with Gasteiger partial charge in [-0.1, -0.05) is 0 Å².